The molecule has 10 aromatic carbocycles. The van der Waals surface area contributed by atoms with E-state index >= 15 is 0 Å². The summed E-state index contributed by atoms with van der Waals surface area (Å²) in [5.41, 5.74) is 22.4. The Bertz CT molecular complexity index is 3650. The van der Waals surface area contributed by atoms with Gasteiger partial charge in [0.1, 0.15) is 0 Å². The molecule has 0 N–H and O–H groups in total. The highest BCUT2D eigenvalue weighted by molar-refractivity contribution is 6.12. The predicted octanol–water partition coefficient (Wildman–Crippen LogP) is 17.4. The summed E-state index contributed by atoms with van der Waals surface area (Å²) in [6.07, 6.45) is 0. The molecule has 2 aliphatic carbocycles. The highest BCUT2D eigenvalue weighted by Crippen LogP contribution is 2.58. The van der Waals surface area contributed by atoms with E-state index in [0.717, 1.165) is 5.69 Å². The topological polar surface area (TPSA) is 8.17 Å². The highest BCUT2D eigenvalue weighted by Gasteiger charge is 2.40. The molecule has 1 aromatic heterocycles. The van der Waals surface area contributed by atoms with Crippen molar-refractivity contribution in [1.29, 1.82) is 0 Å². The predicted molar refractivity (Wildman–Crippen MR) is 279 cm³/mol. The lowest BCUT2D eigenvalue weighted by Gasteiger charge is -2.31. The van der Waals surface area contributed by atoms with Crippen LogP contribution in [0.15, 0.2) is 218 Å². The van der Waals surface area contributed by atoms with E-state index in [1.165, 1.54) is 116 Å². The summed E-state index contributed by atoms with van der Waals surface area (Å²) < 4.78 is 2.47. The Kier molecular flexibility index (Phi) is 8.33. The van der Waals surface area contributed by atoms with Crippen LogP contribution in [0.1, 0.15) is 49.9 Å². The SMILES string of the molecule is CC1(C)c2ccccc2-c2c(N(c3ccc(-c4ccc(-n5c6ccccc6c6ccc(-c7ccccc7)cc65)c5ccccc45)cc3)c3cccc4c3-c3ccccc3C4(C)C)cccc21. The van der Waals surface area contributed by atoms with Crippen LogP contribution in [0.4, 0.5) is 17.1 Å². The highest BCUT2D eigenvalue weighted by atomic mass is 15.1. The van der Waals surface area contributed by atoms with Gasteiger partial charge < -0.3 is 9.47 Å². The van der Waals surface area contributed by atoms with Gasteiger partial charge in [-0.1, -0.05) is 204 Å². The molecule has 0 fully saturated rings. The first-order chi connectivity index (χ1) is 32.3. The number of rotatable bonds is 6. The largest absolute Gasteiger partial charge is 0.309 e. The van der Waals surface area contributed by atoms with Crippen LogP contribution >= 0.6 is 0 Å². The maximum Gasteiger partial charge on any atom is 0.0547 e. The number of para-hydroxylation sites is 1. The molecular formula is C64H48N2. The molecule has 2 nitrogen and oxygen atoms in total. The van der Waals surface area contributed by atoms with E-state index < -0.39 is 0 Å². The van der Waals surface area contributed by atoms with Crippen molar-refractivity contribution in [1.82, 2.24) is 4.57 Å². The van der Waals surface area contributed by atoms with Crippen LogP contribution in [0.25, 0.3) is 82.8 Å². The van der Waals surface area contributed by atoms with Gasteiger partial charge in [0.05, 0.1) is 28.1 Å². The number of fused-ring (bicyclic) bond motifs is 10. The quantitative estimate of drug-likeness (QED) is 0.162. The number of nitrogens with zero attached hydrogens (tertiary/aromatic N) is 2. The first-order valence-electron chi connectivity index (χ1n) is 23.3. The van der Waals surface area contributed by atoms with Crippen molar-refractivity contribution in [3.05, 3.63) is 241 Å². The second-order valence-electron chi connectivity index (χ2n) is 19.3. The minimum absolute atomic E-state index is 0.124. The third-order valence-electron chi connectivity index (χ3n) is 15.0. The first-order valence-corrected chi connectivity index (χ1v) is 23.3. The minimum Gasteiger partial charge on any atom is -0.309 e. The molecule has 0 saturated carbocycles. The molecular weight excluding hydrogens is 797 g/mol. The third kappa shape index (κ3) is 5.48. The van der Waals surface area contributed by atoms with Gasteiger partial charge in [-0.15, -0.1) is 0 Å². The zero-order chi connectivity index (χ0) is 44.3. The van der Waals surface area contributed by atoms with Crippen LogP contribution in [0, 0.1) is 0 Å². The summed E-state index contributed by atoms with van der Waals surface area (Å²) in [6.45, 7) is 9.49. The molecule has 0 amide bonds. The van der Waals surface area contributed by atoms with E-state index in [4.69, 9.17) is 0 Å². The van der Waals surface area contributed by atoms with Gasteiger partial charge in [0.25, 0.3) is 0 Å². The molecule has 11 aromatic rings. The summed E-state index contributed by atoms with van der Waals surface area (Å²) in [5, 5.41) is 4.96. The maximum absolute atomic E-state index is 2.55. The van der Waals surface area contributed by atoms with Crippen molar-refractivity contribution in [3.8, 4) is 50.2 Å². The van der Waals surface area contributed by atoms with Gasteiger partial charge in [-0.3, -0.25) is 0 Å². The van der Waals surface area contributed by atoms with Crippen molar-refractivity contribution in [3.63, 3.8) is 0 Å². The van der Waals surface area contributed by atoms with Crippen LogP contribution < -0.4 is 4.90 Å². The van der Waals surface area contributed by atoms with E-state index in [2.05, 4.69) is 256 Å². The van der Waals surface area contributed by atoms with Crippen LogP contribution in [-0.2, 0) is 10.8 Å². The van der Waals surface area contributed by atoms with Crippen LogP contribution in [0.2, 0.25) is 0 Å². The normalized spacial score (nSPS) is 14.0. The second-order valence-corrected chi connectivity index (χ2v) is 19.3. The Morgan fingerprint density at radius 3 is 1.50 bits per heavy atom. The molecule has 0 unspecified atom stereocenters. The van der Waals surface area contributed by atoms with E-state index in [1.54, 1.807) is 0 Å². The molecule has 314 valence electrons. The number of hydrogen-bond donors (Lipinski definition) is 0. The lowest BCUT2D eigenvalue weighted by Crippen LogP contribution is -2.17. The van der Waals surface area contributed by atoms with Gasteiger partial charge in [0.15, 0.2) is 0 Å². The van der Waals surface area contributed by atoms with Crippen LogP contribution in [0.3, 0.4) is 0 Å². The monoisotopic (exact) mass is 844 g/mol. The number of hydrogen-bond acceptors (Lipinski definition) is 1. The van der Waals surface area contributed by atoms with Crippen molar-refractivity contribution >= 4 is 49.6 Å². The Balaban J connectivity index is 0.990. The Morgan fingerprint density at radius 2 is 0.848 bits per heavy atom. The van der Waals surface area contributed by atoms with E-state index in [1.807, 2.05) is 0 Å². The van der Waals surface area contributed by atoms with Gasteiger partial charge in [-0.25, -0.2) is 0 Å². The zero-order valence-corrected chi connectivity index (χ0v) is 37.7. The molecule has 1 heterocycles. The van der Waals surface area contributed by atoms with E-state index in [9.17, 15) is 0 Å². The zero-order valence-electron chi connectivity index (χ0n) is 37.7. The molecule has 2 heteroatoms. The lowest BCUT2D eigenvalue weighted by atomic mass is 9.82. The van der Waals surface area contributed by atoms with Crippen LogP contribution in [-0.4, -0.2) is 4.57 Å². The first kappa shape index (κ1) is 38.5. The molecule has 0 aliphatic heterocycles. The number of anilines is 3. The Morgan fingerprint density at radius 1 is 0.333 bits per heavy atom. The number of benzene rings is 10. The van der Waals surface area contributed by atoms with Gasteiger partial charge in [0.2, 0.25) is 0 Å². The van der Waals surface area contributed by atoms with Crippen molar-refractivity contribution in [2.45, 2.75) is 38.5 Å². The van der Waals surface area contributed by atoms with Gasteiger partial charge in [-0.05, 0) is 103 Å². The maximum atomic E-state index is 2.55. The molecule has 0 radical (unpaired) electrons. The molecule has 0 bridgehead atoms. The summed E-state index contributed by atoms with van der Waals surface area (Å²) in [4.78, 5) is 2.55. The molecule has 2 aliphatic rings. The average Bonchev–Trinajstić information content (AvgIpc) is 3.91. The lowest BCUT2D eigenvalue weighted by molar-refractivity contribution is 0.660. The fraction of sp³-hybridized carbons (Fsp3) is 0.0938. The smallest absolute Gasteiger partial charge is 0.0547 e. The minimum atomic E-state index is -0.124. The third-order valence-corrected chi connectivity index (χ3v) is 15.0. The van der Waals surface area contributed by atoms with Gasteiger partial charge in [-0.2, -0.15) is 0 Å². The van der Waals surface area contributed by atoms with Crippen molar-refractivity contribution < 1.29 is 0 Å². The summed E-state index contributed by atoms with van der Waals surface area (Å²) >= 11 is 0. The fourth-order valence-electron chi connectivity index (χ4n) is 11.8. The van der Waals surface area contributed by atoms with Gasteiger partial charge >= 0.3 is 0 Å². The van der Waals surface area contributed by atoms with Crippen LogP contribution in [0.5, 0.6) is 0 Å². The van der Waals surface area contributed by atoms with E-state index in [-0.39, 0.29) is 10.8 Å². The molecule has 0 atom stereocenters. The molecule has 0 saturated heterocycles. The Labute approximate surface area is 386 Å². The number of aromatic nitrogens is 1. The average molecular weight is 845 g/mol. The molecule has 66 heavy (non-hydrogen) atoms. The molecule has 0 spiro atoms. The summed E-state index contributed by atoms with van der Waals surface area (Å²) in [6, 6.07) is 81.3. The Hall–Kier alpha value is -7.94. The van der Waals surface area contributed by atoms with Crippen molar-refractivity contribution in [2.75, 3.05) is 4.90 Å². The summed E-state index contributed by atoms with van der Waals surface area (Å²) in [7, 11) is 0. The van der Waals surface area contributed by atoms with Crippen molar-refractivity contribution in [2.24, 2.45) is 0 Å². The summed E-state index contributed by atoms with van der Waals surface area (Å²) in [5.74, 6) is 0. The van der Waals surface area contributed by atoms with Gasteiger partial charge in [0, 0.05) is 43.8 Å². The second kappa shape index (κ2) is 14.3. The van der Waals surface area contributed by atoms with E-state index in [0.29, 0.717) is 0 Å². The standard InChI is InChI=1S/C64H48N2/c1-63(2)52-25-13-10-23-50(52)61-54(63)27-16-30-58(61)65(59-31-17-28-55-62(59)51-24-11-14-26-53(51)64(55,3)4)44-35-32-42(33-36-44)45-38-39-57(47-21-9-8-20-46(45)47)66-56-29-15-12-22-48(56)49-37-34-43(40-60(49)66)41-18-6-5-7-19-41/h5-40H,1-4H3. The fourth-order valence-corrected chi connectivity index (χ4v) is 11.8. The molecule has 13 rings (SSSR count).